The Kier molecular flexibility index (Phi) is 5.15. The fourth-order valence-electron chi connectivity index (χ4n) is 5.77. The van der Waals surface area contributed by atoms with Gasteiger partial charge < -0.3 is 29.2 Å². The molecule has 3 aliphatic heterocycles. The van der Waals surface area contributed by atoms with Crippen molar-refractivity contribution in [3.63, 3.8) is 0 Å². The van der Waals surface area contributed by atoms with Gasteiger partial charge in [-0.2, -0.15) is 0 Å². The molecule has 1 aliphatic carbocycles. The molecule has 0 bridgehead atoms. The highest BCUT2D eigenvalue weighted by Crippen LogP contribution is 2.49. The summed E-state index contributed by atoms with van der Waals surface area (Å²) in [5.41, 5.74) is 2.58. The van der Waals surface area contributed by atoms with Crippen molar-refractivity contribution in [2.45, 2.75) is 56.8 Å². The van der Waals surface area contributed by atoms with Gasteiger partial charge in [0, 0.05) is 28.5 Å². The van der Waals surface area contributed by atoms with E-state index in [4.69, 9.17) is 18.9 Å². The van der Waals surface area contributed by atoms with Crippen molar-refractivity contribution in [2.75, 3.05) is 19.8 Å². The van der Waals surface area contributed by atoms with Gasteiger partial charge in [0.25, 0.3) is 0 Å². The van der Waals surface area contributed by atoms with Gasteiger partial charge in [0.2, 0.25) is 0 Å². The number of ether oxygens (including phenoxy) is 4. The topological polar surface area (TPSA) is 77.4 Å². The number of benzene rings is 2. The summed E-state index contributed by atoms with van der Waals surface area (Å²) >= 11 is 0. The maximum absolute atomic E-state index is 11.4. The summed E-state index contributed by atoms with van der Waals surface area (Å²) in [6, 6.07) is 9.53. The summed E-state index contributed by atoms with van der Waals surface area (Å²) in [6.45, 7) is 1.37. The fourth-order valence-corrected chi connectivity index (χ4v) is 5.77. The van der Waals surface area contributed by atoms with Crippen molar-refractivity contribution in [1.82, 2.24) is 0 Å². The van der Waals surface area contributed by atoms with Crippen molar-refractivity contribution in [2.24, 2.45) is 11.8 Å². The van der Waals surface area contributed by atoms with Crippen LogP contribution in [0.25, 0.3) is 0 Å². The zero-order valence-corrected chi connectivity index (χ0v) is 18.2. The van der Waals surface area contributed by atoms with Crippen LogP contribution in [0.1, 0.15) is 61.0 Å². The predicted octanol–water partition coefficient (Wildman–Crippen LogP) is 4.12. The summed E-state index contributed by atoms with van der Waals surface area (Å²) in [5, 5.41) is 22.7. The maximum Gasteiger partial charge on any atom is 0.125 e. The Labute approximate surface area is 188 Å². The van der Waals surface area contributed by atoms with Gasteiger partial charge in [-0.3, -0.25) is 0 Å². The molecular formula is C26H30O6. The monoisotopic (exact) mass is 438 g/mol. The van der Waals surface area contributed by atoms with Crippen LogP contribution in [0, 0.1) is 11.8 Å². The lowest BCUT2D eigenvalue weighted by Gasteiger charge is -2.41. The van der Waals surface area contributed by atoms with Crippen LogP contribution >= 0.6 is 0 Å². The maximum atomic E-state index is 11.4. The Balaban J connectivity index is 1.27. The minimum absolute atomic E-state index is 0.254. The number of aliphatic hydroxyl groups excluding tert-OH is 2. The van der Waals surface area contributed by atoms with E-state index >= 15 is 0 Å². The Morgan fingerprint density at radius 3 is 2.34 bits per heavy atom. The van der Waals surface area contributed by atoms with Gasteiger partial charge in [0.15, 0.2) is 0 Å². The van der Waals surface area contributed by atoms with Crippen molar-refractivity contribution < 1.29 is 29.2 Å². The van der Waals surface area contributed by atoms with Gasteiger partial charge in [-0.1, -0.05) is 0 Å². The Bertz CT molecular complexity index is 998. The molecule has 0 amide bonds. The van der Waals surface area contributed by atoms with Gasteiger partial charge >= 0.3 is 0 Å². The zero-order chi connectivity index (χ0) is 21.7. The van der Waals surface area contributed by atoms with Crippen LogP contribution < -0.4 is 18.9 Å². The van der Waals surface area contributed by atoms with E-state index < -0.39 is 12.2 Å². The smallest absolute Gasteiger partial charge is 0.125 e. The highest BCUT2D eigenvalue weighted by atomic mass is 16.5. The molecule has 4 unspecified atom stereocenters. The molecular weight excluding hydrogens is 408 g/mol. The first-order valence-corrected chi connectivity index (χ1v) is 11.9. The first kappa shape index (κ1) is 20.2. The largest absolute Gasteiger partial charge is 0.493 e. The van der Waals surface area contributed by atoms with Crippen LogP contribution in [0.5, 0.6) is 23.0 Å². The quantitative estimate of drug-likeness (QED) is 0.751. The van der Waals surface area contributed by atoms with E-state index in [9.17, 15) is 10.2 Å². The number of hydrogen-bond acceptors (Lipinski definition) is 6. The van der Waals surface area contributed by atoms with Crippen LogP contribution in [-0.4, -0.2) is 36.1 Å². The number of rotatable bonds is 3. The lowest BCUT2D eigenvalue weighted by Crippen LogP contribution is -2.40. The molecule has 6 nitrogen and oxygen atoms in total. The number of hydrogen-bond donors (Lipinski definition) is 2. The third-order valence-electron chi connectivity index (χ3n) is 7.53. The van der Waals surface area contributed by atoms with Crippen LogP contribution in [0.4, 0.5) is 0 Å². The molecule has 1 saturated carbocycles. The summed E-state index contributed by atoms with van der Waals surface area (Å²) in [7, 11) is 0. The molecule has 0 saturated heterocycles. The van der Waals surface area contributed by atoms with Crippen LogP contribution in [-0.2, 0) is 6.42 Å². The van der Waals surface area contributed by atoms with E-state index in [-0.39, 0.29) is 17.9 Å². The third kappa shape index (κ3) is 3.41. The normalized spacial score (nSPS) is 29.1. The third-order valence-corrected chi connectivity index (χ3v) is 7.53. The highest BCUT2D eigenvalue weighted by Gasteiger charge is 2.43. The molecule has 2 aromatic carbocycles. The highest BCUT2D eigenvalue weighted by molar-refractivity contribution is 5.52. The number of aliphatic hydroxyl groups is 2. The van der Waals surface area contributed by atoms with Crippen LogP contribution in [0.3, 0.4) is 0 Å². The molecule has 32 heavy (non-hydrogen) atoms. The summed E-state index contributed by atoms with van der Waals surface area (Å²) < 4.78 is 24.0. The summed E-state index contributed by atoms with van der Waals surface area (Å²) in [5.74, 6) is 2.45. The molecule has 2 aromatic rings. The fraction of sp³-hybridized carbons (Fsp3) is 0.538. The lowest BCUT2D eigenvalue weighted by atomic mass is 9.76. The van der Waals surface area contributed by atoms with Gasteiger partial charge in [0.1, 0.15) is 23.0 Å². The SMILES string of the molecule is OC1c2cc(OC3CCCC3)ccc2OCC1C1COc2ccc3c(c2C1O)CCCO3. The molecule has 0 radical (unpaired) electrons. The second-order valence-corrected chi connectivity index (χ2v) is 9.47. The van der Waals surface area contributed by atoms with Gasteiger partial charge in [0.05, 0.1) is 38.1 Å². The Morgan fingerprint density at radius 2 is 1.50 bits per heavy atom. The van der Waals surface area contributed by atoms with Crippen molar-refractivity contribution >= 4 is 0 Å². The molecule has 6 heteroatoms. The molecule has 6 rings (SSSR count). The van der Waals surface area contributed by atoms with Gasteiger partial charge in [-0.05, 0) is 68.9 Å². The molecule has 2 N–H and O–H groups in total. The van der Waals surface area contributed by atoms with Gasteiger partial charge in [-0.25, -0.2) is 0 Å². The van der Waals surface area contributed by atoms with Crippen molar-refractivity contribution in [3.8, 4) is 23.0 Å². The van der Waals surface area contributed by atoms with Gasteiger partial charge in [-0.15, -0.1) is 0 Å². The van der Waals surface area contributed by atoms with E-state index in [2.05, 4.69) is 0 Å². The van der Waals surface area contributed by atoms with Crippen molar-refractivity contribution in [3.05, 3.63) is 47.0 Å². The Morgan fingerprint density at radius 1 is 0.781 bits per heavy atom. The summed E-state index contributed by atoms with van der Waals surface area (Å²) in [6.07, 6.45) is 5.12. The van der Waals surface area contributed by atoms with E-state index in [1.54, 1.807) is 0 Å². The van der Waals surface area contributed by atoms with E-state index in [0.717, 1.165) is 59.6 Å². The van der Waals surface area contributed by atoms with Crippen LogP contribution in [0.15, 0.2) is 30.3 Å². The van der Waals surface area contributed by atoms with E-state index in [1.807, 2.05) is 30.3 Å². The molecule has 4 atom stereocenters. The minimum atomic E-state index is -0.758. The first-order chi connectivity index (χ1) is 15.7. The van der Waals surface area contributed by atoms with E-state index in [0.29, 0.717) is 25.6 Å². The average Bonchev–Trinajstić information content (AvgIpc) is 3.33. The second-order valence-electron chi connectivity index (χ2n) is 9.47. The molecule has 4 aliphatic rings. The van der Waals surface area contributed by atoms with E-state index in [1.165, 1.54) is 12.8 Å². The Hall–Kier alpha value is -2.44. The number of fused-ring (bicyclic) bond motifs is 4. The average molecular weight is 439 g/mol. The molecule has 1 fully saturated rings. The standard InChI is InChI=1S/C26H30O6/c27-25-18-12-16(32-15-4-1-2-5-15)7-8-22(18)30-13-19(25)20-14-31-23-10-9-21-17(6-3-11-29-21)24(23)26(20)28/h7-10,12,15,19-20,25-28H,1-6,11,13-14H2. The molecule has 170 valence electrons. The summed E-state index contributed by atoms with van der Waals surface area (Å²) in [4.78, 5) is 0. The lowest BCUT2D eigenvalue weighted by molar-refractivity contribution is -0.0557. The zero-order valence-electron chi connectivity index (χ0n) is 18.2. The van der Waals surface area contributed by atoms with Crippen LogP contribution in [0.2, 0.25) is 0 Å². The molecule has 3 heterocycles. The minimum Gasteiger partial charge on any atom is -0.493 e. The first-order valence-electron chi connectivity index (χ1n) is 11.9. The van der Waals surface area contributed by atoms with Crippen molar-refractivity contribution in [1.29, 1.82) is 0 Å². The second kappa shape index (κ2) is 8.16. The predicted molar refractivity (Wildman–Crippen MR) is 117 cm³/mol. The molecule has 0 spiro atoms. The molecule has 0 aromatic heterocycles.